The summed E-state index contributed by atoms with van der Waals surface area (Å²) in [5.41, 5.74) is 0. The molecule has 5 nitrogen and oxygen atoms in total. The molecule has 0 bridgehead atoms. The fourth-order valence-corrected chi connectivity index (χ4v) is 1.35. The van der Waals surface area contributed by atoms with Crippen LogP contribution in [0.1, 0.15) is 13.8 Å². The third-order valence-electron chi connectivity index (χ3n) is 1.46. The first-order valence-electron chi connectivity index (χ1n) is 3.71. The monoisotopic (exact) mass is 201 g/mol. The van der Waals surface area contributed by atoms with Gasteiger partial charge in [0, 0.05) is 6.54 Å². The van der Waals surface area contributed by atoms with E-state index in [4.69, 9.17) is 10.5 Å². The normalized spacial score (nSPS) is 15.4. The Labute approximate surface area is 78.0 Å². The Bertz CT molecular complexity index is 336. The average molecular weight is 201 g/mol. The molecule has 0 saturated carbocycles. The summed E-state index contributed by atoms with van der Waals surface area (Å²) < 4.78 is 24.5. The summed E-state index contributed by atoms with van der Waals surface area (Å²) in [6, 6.07) is 3.50. The molecule has 0 aromatic heterocycles. The van der Waals surface area contributed by atoms with Crippen molar-refractivity contribution in [2.24, 2.45) is 5.92 Å². The molecular formula is C7H11N3O2S. The molecule has 0 rings (SSSR count). The molecule has 0 fully saturated rings. The third kappa shape index (κ3) is 3.88. The topological polar surface area (TPSA) is 93.8 Å². The van der Waals surface area contributed by atoms with Gasteiger partial charge in [0.2, 0.25) is 10.0 Å². The van der Waals surface area contributed by atoms with Crippen LogP contribution in [-0.4, -0.2) is 20.2 Å². The molecule has 2 unspecified atom stereocenters. The maximum absolute atomic E-state index is 11.1. The zero-order valence-electron chi connectivity index (χ0n) is 7.48. The van der Waals surface area contributed by atoms with Gasteiger partial charge in [-0.1, -0.05) is 0 Å². The van der Waals surface area contributed by atoms with E-state index in [-0.39, 0.29) is 12.5 Å². The first-order valence-corrected chi connectivity index (χ1v) is 5.26. The van der Waals surface area contributed by atoms with E-state index in [1.165, 1.54) is 6.92 Å². The summed E-state index contributed by atoms with van der Waals surface area (Å²) in [5.74, 6) is -0.388. The van der Waals surface area contributed by atoms with Crippen molar-refractivity contribution in [3.63, 3.8) is 0 Å². The minimum atomic E-state index is -3.58. The zero-order chi connectivity index (χ0) is 10.5. The van der Waals surface area contributed by atoms with Gasteiger partial charge in [-0.3, -0.25) is 0 Å². The van der Waals surface area contributed by atoms with Crippen LogP contribution in [0.5, 0.6) is 0 Å². The number of nitrogens with zero attached hydrogens (tertiary/aromatic N) is 2. The van der Waals surface area contributed by atoms with E-state index < -0.39 is 15.3 Å². The molecule has 0 spiro atoms. The Kier molecular flexibility index (Phi) is 4.39. The van der Waals surface area contributed by atoms with Crippen LogP contribution in [0.4, 0.5) is 0 Å². The van der Waals surface area contributed by atoms with Crippen LogP contribution < -0.4 is 4.72 Å². The number of rotatable bonds is 4. The number of hydrogen-bond donors (Lipinski definition) is 1. The lowest BCUT2D eigenvalue weighted by Crippen LogP contribution is -2.34. The Balaban J connectivity index is 4.25. The number of nitrogens with one attached hydrogen (secondary N) is 1. The van der Waals surface area contributed by atoms with Crippen LogP contribution in [-0.2, 0) is 10.0 Å². The number of nitriles is 2. The van der Waals surface area contributed by atoms with Crippen LogP contribution in [0.3, 0.4) is 0 Å². The first-order chi connectivity index (χ1) is 5.94. The number of sulfonamides is 1. The molecule has 0 aromatic carbocycles. The highest BCUT2D eigenvalue weighted by Crippen LogP contribution is 1.97. The summed E-state index contributed by atoms with van der Waals surface area (Å²) in [7, 11) is -3.58. The molecule has 0 heterocycles. The SMILES string of the molecule is CC(C#N)CNS(=O)(=O)C(C)C#N. The van der Waals surface area contributed by atoms with Gasteiger partial charge in [-0.2, -0.15) is 10.5 Å². The van der Waals surface area contributed by atoms with Gasteiger partial charge in [-0.25, -0.2) is 13.1 Å². The van der Waals surface area contributed by atoms with E-state index in [9.17, 15) is 8.42 Å². The highest BCUT2D eigenvalue weighted by atomic mass is 32.2. The molecule has 0 aliphatic carbocycles. The molecule has 0 aliphatic heterocycles. The summed E-state index contributed by atoms with van der Waals surface area (Å²) in [4.78, 5) is 0. The standard InChI is InChI=1S/C7H11N3O2S/c1-6(3-8)5-10-13(11,12)7(2)4-9/h6-7,10H,5H2,1-2H3. The summed E-state index contributed by atoms with van der Waals surface area (Å²) >= 11 is 0. The van der Waals surface area contributed by atoms with E-state index in [0.29, 0.717) is 0 Å². The molecule has 13 heavy (non-hydrogen) atoms. The maximum Gasteiger partial charge on any atom is 0.227 e. The van der Waals surface area contributed by atoms with Gasteiger partial charge in [0.15, 0.2) is 5.25 Å². The highest BCUT2D eigenvalue weighted by Gasteiger charge is 2.19. The van der Waals surface area contributed by atoms with Gasteiger partial charge in [0.25, 0.3) is 0 Å². The molecule has 0 radical (unpaired) electrons. The Morgan fingerprint density at radius 1 is 1.31 bits per heavy atom. The largest absolute Gasteiger partial charge is 0.227 e. The van der Waals surface area contributed by atoms with Crippen molar-refractivity contribution in [2.75, 3.05) is 6.54 Å². The minimum absolute atomic E-state index is 0.0465. The van der Waals surface area contributed by atoms with E-state index in [2.05, 4.69) is 4.72 Å². The van der Waals surface area contributed by atoms with Crippen molar-refractivity contribution in [1.29, 1.82) is 10.5 Å². The van der Waals surface area contributed by atoms with Crippen molar-refractivity contribution in [1.82, 2.24) is 4.72 Å². The van der Waals surface area contributed by atoms with Gasteiger partial charge in [0.05, 0.1) is 18.1 Å². The van der Waals surface area contributed by atoms with Crippen molar-refractivity contribution in [3.8, 4) is 12.1 Å². The molecule has 0 amide bonds. The van der Waals surface area contributed by atoms with Crippen molar-refractivity contribution in [3.05, 3.63) is 0 Å². The molecule has 0 aromatic rings. The van der Waals surface area contributed by atoms with E-state index >= 15 is 0 Å². The maximum atomic E-state index is 11.1. The van der Waals surface area contributed by atoms with Gasteiger partial charge >= 0.3 is 0 Å². The Hall–Kier alpha value is -1.11. The second-order valence-electron chi connectivity index (χ2n) is 2.69. The molecule has 72 valence electrons. The summed E-state index contributed by atoms with van der Waals surface area (Å²) in [6.45, 7) is 2.93. The molecular weight excluding hydrogens is 190 g/mol. The van der Waals surface area contributed by atoms with E-state index in [1.807, 2.05) is 6.07 Å². The molecule has 2 atom stereocenters. The second kappa shape index (κ2) is 4.80. The van der Waals surface area contributed by atoms with Crippen LogP contribution in [0.15, 0.2) is 0 Å². The van der Waals surface area contributed by atoms with E-state index in [0.717, 1.165) is 0 Å². The molecule has 0 saturated heterocycles. The third-order valence-corrected chi connectivity index (χ3v) is 3.06. The van der Waals surface area contributed by atoms with Crippen molar-refractivity contribution < 1.29 is 8.42 Å². The average Bonchev–Trinajstić information content (AvgIpc) is 2.12. The molecule has 0 aliphatic rings. The van der Waals surface area contributed by atoms with Crippen molar-refractivity contribution in [2.45, 2.75) is 19.1 Å². The van der Waals surface area contributed by atoms with Gasteiger partial charge < -0.3 is 0 Å². The number of hydrogen-bond acceptors (Lipinski definition) is 4. The molecule has 6 heteroatoms. The summed E-state index contributed by atoms with van der Waals surface area (Å²) in [6.07, 6.45) is 0. The van der Waals surface area contributed by atoms with Crippen LogP contribution in [0.25, 0.3) is 0 Å². The van der Waals surface area contributed by atoms with Gasteiger partial charge in [0.1, 0.15) is 0 Å². The Morgan fingerprint density at radius 3 is 2.23 bits per heavy atom. The minimum Gasteiger partial charge on any atom is -0.213 e. The Morgan fingerprint density at radius 2 is 1.85 bits per heavy atom. The lowest BCUT2D eigenvalue weighted by Gasteiger charge is -2.07. The predicted molar refractivity (Wildman–Crippen MR) is 46.8 cm³/mol. The van der Waals surface area contributed by atoms with Gasteiger partial charge in [-0.05, 0) is 13.8 Å². The smallest absolute Gasteiger partial charge is 0.213 e. The lowest BCUT2D eigenvalue weighted by molar-refractivity contribution is 0.568. The van der Waals surface area contributed by atoms with Crippen molar-refractivity contribution >= 4 is 10.0 Å². The van der Waals surface area contributed by atoms with Crippen LogP contribution in [0.2, 0.25) is 0 Å². The van der Waals surface area contributed by atoms with Gasteiger partial charge in [-0.15, -0.1) is 0 Å². The zero-order valence-corrected chi connectivity index (χ0v) is 8.30. The van der Waals surface area contributed by atoms with Crippen LogP contribution in [0, 0.1) is 28.6 Å². The van der Waals surface area contributed by atoms with E-state index in [1.54, 1.807) is 13.0 Å². The quantitative estimate of drug-likeness (QED) is 0.691. The second-order valence-corrected chi connectivity index (χ2v) is 4.78. The fourth-order valence-electron chi connectivity index (χ4n) is 0.481. The first kappa shape index (κ1) is 11.9. The summed E-state index contributed by atoms with van der Waals surface area (Å²) in [5, 5.41) is 15.7. The molecule has 1 N–H and O–H groups in total. The highest BCUT2D eigenvalue weighted by molar-refractivity contribution is 7.90. The lowest BCUT2D eigenvalue weighted by atomic mass is 10.2. The fraction of sp³-hybridized carbons (Fsp3) is 0.714. The van der Waals surface area contributed by atoms with Crippen LogP contribution >= 0.6 is 0 Å². The predicted octanol–water partition coefficient (Wildman–Crippen LogP) is -0.0224.